The number of carbonyl (C=O) groups excluding carboxylic acids is 2. The third-order valence-electron chi connectivity index (χ3n) is 3.70. The average molecular weight is 413 g/mol. The molecule has 0 saturated carbocycles. The van der Waals surface area contributed by atoms with Gasteiger partial charge in [-0.05, 0) is 48.9 Å². The molecule has 0 saturated heterocycles. The molecule has 0 aliphatic carbocycles. The van der Waals surface area contributed by atoms with E-state index in [2.05, 4.69) is 16.6 Å². The third-order valence-corrected chi connectivity index (χ3v) is 3.98. The number of ether oxygens (including phenoxy) is 2. The van der Waals surface area contributed by atoms with E-state index in [1.54, 1.807) is 42.5 Å². The van der Waals surface area contributed by atoms with Crippen molar-refractivity contribution >= 4 is 35.2 Å². The summed E-state index contributed by atoms with van der Waals surface area (Å²) in [5.74, 6) is 2.61. The fraction of sp³-hybridized carbons (Fsp3) is 0.182. The number of terminal acetylenes is 1. The zero-order valence-electron chi connectivity index (χ0n) is 16.1. The highest BCUT2D eigenvalue weighted by atomic mass is 35.5. The van der Waals surface area contributed by atoms with Gasteiger partial charge in [0.25, 0.3) is 0 Å². The molecule has 150 valence electrons. The summed E-state index contributed by atoms with van der Waals surface area (Å²) in [5.41, 5.74) is 1.87. The van der Waals surface area contributed by atoms with E-state index in [-0.39, 0.29) is 12.5 Å². The Balaban J connectivity index is 1.94. The molecule has 0 heterocycles. The lowest BCUT2D eigenvalue weighted by Gasteiger charge is -2.11. The second kappa shape index (κ2) is 10.8. The zero-order valence-corrected chi connectivity index (χ0v) is 16.9. The van der Waals surface area contributed by atoms with Crippen LogP contribution in [0.4, 0.5) is 5.69 Å². The summed E-state index contributed by atoms with van der Waals surface area (Å²) in [4.78, 5) is 24.0. The standard InChI is InChI=1S/C22H21ClN2O4/c1-4-15-7-6-8-17(11-15)25-21(27)14-24-20(26)10-9-16-12-18(23)22(28-3)19(13-16)29-5-2/h1,6-13H,5,14H2,2-3H3,(H,24,26)(H,25,27)/b10-9+. The van der Waals surface area contributed by atoms with E-state index in [9.17, 15) is 9.59 Å². The molecule has 2 amide bonds. The van der Waals surface area contributed by atoms with Crippen LogP contribution in [0.15, 0.2) is 42.5 Å². The number of hydrogen-bond acceptors (Lipinski definition) is 4. The van der Waals surface area contributed by atoms with Crippen LogP contribution in [0, 0.1) is 12.3 Å². The van der Waals surface area contributed by atoms with Crippen LogP contribution in [0.5, 0.6) is 11.5 Å². The summed E-state index contributed by atoms with van der Waals surface area (Å²) in [6.07, 6.45) is 8.20. The van der Waals surface area contributed by atoms with Gasteiger partial charge in [-0.1, -0.05) is 23.6 Å². The molecule has 2 rings (SSSR count). The highest BCUT2D eigenvalue weighted by Gasteiger charge is 2.11. The van der Waals surface area contributed by atoms with E-state index in [4.69, 9.17) is 27.5 Å². The number of carbonyl (C=O) groups is 2. The maximum atomic E-state index is 12.0. The maximum Gasteiger partial charge on any atom is 0.244 e. The molecule has 7 heteroatoms. The van der Waals surface area contributed by atoms with Crippen molar-refractivity contribution in [2.75, 3.05) is 25.6 Å². The van der Waals surface area contributed by atoms with Gasteiger partial charge in [0.15, 0.2) is 11.5 Å². The van der Waals surface area contributed by atoms with Gasteiger partial charge >= 0.3 is 0 Å². The van der Waals surface area contributed by atoms with E-state index in [0.717, 1.165) is 0 Å². The predicted molar refractivity (Wildman–Crippen MR) is 114 cm³/mol. The minimum Gasteiger partial charge on any atom is -0.491 e. The van der Waals surface area contributed by atoms with Crippen LogP contribution in [0.2, 0.25) is 5.02 Å². The van der Waals surface area contributed by atoms with Crippen molar-refractivity contribution < 1.29 is 19.1 Å². The molecule has 0 aliphatic rings. The Morgan fingerprint density at radius 3 is 2.76 bits per heavy atom. The van der Waals surface area contributed by atoms with Gasteiger partial charge in [-0.2, -0.15) is 0 Å². The van der Waals surface area contributed by atoms with Crippen molar-refractivity contribution in [3.05, 3.63) is 58.6 Å². The predicted octanol–water partition coefficient (Wildman–Crippen LogP) is 3.50. The fourth-order valence-corrected chi connectivity index (χ4v) is 2.73. The Kier molecular flexibility index (Phi) is 8.13. The zero-order chi connectivity index (χ0) is 21.2. The lowest BCUT2D eigenvalue weighted by atomic mass is 10.2. The number of rotatable bonds is 8. The van der Waals surface area contributed by atoms with Crippen LogP contribution in [-0.4, -0.2) is 32.1 Å². The molecule has 6 nitrogen and oxygen atoms in total. The van der Waals surface area contributed by atoms with Gasteiger partial charge in [0.1, 0.15) is 0 Å². The van der Waals surface area contributed by atoms with E-state index in [0.29, 0.717) is 39.9 Å². The summed E-state index contributed by atoms with van der Waals surface area (Å²) in [7, 11) is 1.50. The maximum absolute atomic E-state index is 12.0. The fourth-order valence-electron chi connectivity index (χ4n) is 2.44. The van der Waals surface area contributed by atoms with E-state index in [1.807, 2.05) is 6.92 Å². The first-order valence-electron chi connectivity index (χ1n) is 8.79. The van der Waals surface area contributed by atoms with Crippen LogP contribution >= 0.6 is 11.6 Å². The van der Waals surface area contributed by atoms with E-state index < -0.39 is 5.91 Å². The number of methoxy groups -OCH3 is 1. The Morgan fingerprint density at radius 2 is 2.07 bits per heavy atom. The molecular weight excluding hydrogens is 392 g/mol. The summed E-state index contributed by atoms with van der Waals surface area (Å²) in [6.45, 7) is 2.11. The van der Waals surface area contributed by atoms with Crippen LogP contribution in [0.3, 0.4) is 0 Å². The SMILES string of the molecule is C#Cc1cccc(NC(=O)CNC(=O)/C=C/c2cc(Cl)c(OC)c(OCC)c2)c1. The molecular formula is C22H21ClN2O4. The summed E-state index contributed by atoms with van der Waals surface area (Å²) in [5, 5.41) is 5.55. The molecule has 2 aromatic carbocycles. The van der Waals surface area contributed by atoms with Gasteiger partial charge in [-0.3, -0.25) is 9.59 Å². The van der Waals surface area contributed by atoms with Crippen LogP contribution in [-0.2, 0) is 9.59 Å². The molecule has 29 heavy (non-hydrogen) atoms. The number of benzene rings is 2. The first-order chi connectivity index (χ1) is 14.0. The second-order valence-corrected chi connectivity index (χ2v) is 6.20. The van der Waals surface area contributed by atoms with Gasteiger partial charge < -0.3 is 20.1 Å². The molecule has 2 N–H and O–H groups in total. The molecule has 0 aromatic heterocycles. The summed E-state index contributed by atoms with van der Waals surface area (Å²) < 4.78 is 10.7. The molecule has 0 bridgehead atoms. The van der Waals surface area contributed by atoms with Crippen molar-refractivity contribution in [2.24, 2.45) is 0 Å². The monoisotopic (exact) mass is 412 g/mol. The Bertz CT molecular complexity index is 964. The summed E-state index contributed by atoms with van der Waals surface area (Å²) in [6, 6.07) is 10.2. The smallest absolute Gasteiger partial charge is 0.244 e. The third kappa shape index (κ3) is 6.59. The quantitative estimate of drug-likeness (QED) is 0.514. The van der Waals surface area contributed by atoms with Crippen LogP contribution in [0.1, 0.15) is 18.1 Å². The van der Waals surface area contributed by atoms with E-state index >= 15 is 0 Å². The van der Waals surface area contributed by atoms with Gasteiger partial charge in [0.05, 0.1) is 25.3 Å². The first kappa shape index (κ1) is 21.9. The minimum atomic E-state index is -0.428. The number of amides is 2. The average Bonchev–Trinajstić information content (AvgIpc) is 2.71. The number of nitrogens with one attached hydrogen (secondary N) is 2. The van der Waals surface area contributed by atoms with Crippen molar-refractivity contribution in [2.45, 2.75) is 6.92 Å². The molecule has 0 aliphatic heterocycles. The minimum absolute atomic E-state index is 0.184. The normalized spacial score (nSPS) is 10.3. The van der Waals surface area contributed by atoms with Crippen molar-refractivity contribution in [1.82, 2.24) is 5.32 Å². The summed E-state index contributed by atoms with van der Waals surface area (Å²) >= 11 is 6.18. The highest BCUT2D eigenvalue weighted by Crippen LogP contribution is 2.36. The van der Waals surface area contributed by atoms with Crippen molar-refractivity contribution in [3.8, 4) is 23.8 Å². The second-order valence-electron chi connectivity index (χ2n) is 5.79. The highest BCUT2D eigenvalue weighted by molar-refractivity contribution is 6.32. The Morgan fingerprint density at radius 1 is 1.28 bits per heavy atom. The van der Waals surface area contributed by atoms with Crippen LogP contribution in [0.25, 0.3) is 6.08 Å². The lowest BCUT2D eigenvalue weighted by Crippen LogP contribution is -2.31. The number of anilines is 1. The molecule has 2 aromatic rings. The Hall–Kier alpha value is -3.43. The lowest BCUT2D eigenvalue weighted by molar-refractivity contribution is -0.121. The molecule has 0 radical (unpaired) electrons. The van der Waals surface area contributed by atoms with Gasteiger partial charge in [-0.25, -0.2) is 0 Å². The largest absolute Gasteiger partial charge is 0.491 e. The number of hydrogen-bond donors (Lipinski definition) is 2. The molecule has 0 unspecified atom stereocenters. The molecule has 0 fully saturated rings. The first-order valence-corrected chi connectivity index (χ1v) is 9.17. The number of halogens is 1. The van der Waals surface area contributed by atoms with E-state index in [1.165, 1.54) is 13.2 Å². The Labute approximate surface area is 174 Å². The van der Waals surface area contributed by atoms with Crippen molar-refractivity contribution in [3.63, 3.8) is 0 Å². The molecule has 0 spiro atoms. The topological polar surface area (TPSA) is 76.7 Å². The van der Waals surface area contributed by atoms with Gasteiger partial charge in [0.2, 0.25) is 11.8 Å². The van der Waals surface area contributed by atoms with Gasteiger partial charge in [0, 0.05) is 17.3 Å². The molecule has 0 atom stereocenters. The van der Waals surface area contributed by atoms with Crippen molar-refractivity contribution in [1.29, 1.82) is 0 Å². The van der Waals surface area contributed by atoms with Gasteiger partial charge in [-0.15, -0.1) is 6.42 Å². The van der Waals surface area contributed by atoms with Crippen LogP contribution < -0.4 is 20.1 Å².